The molecule has 0 aromatic carbocycles. The Morgan fingerprint density at radius 3 is 2.85 bits per heavy atom. The molecule has 26 heavy (non-hydrogen) atoms. The number of rotatable bonds is 5. The van der Waals surface area contributed by atoms with Gasteiger partial charge in [0.05, 0.1) is 24.1 Å². The zero-order valence-electron chi connectivity index (χ0n) is 15.8. The van der Waals surface area contributed by atoms with Gasteiger partial charge in [-0.25, -0.2) is 0 Å². The fourth-order valence-electron chi connectivity index (χ4n) is 4.16. The number of aryl methyl sites for hydroxylation is 1. The lowest BCUT2D eigenvalue weighted by atomic mass is 9.73. The lowest BCUT2D eigenvalue weighted by Gasteiger charge is -2.48. The van der Waals surface area contributed by atoms with E-state index in [4.69, 9.17) is 0 Å². The zero-order chi connectivity index (χ0) is 18.6. The Morgan fingerprint density at radius 1 is 1.27 bits per heavy atom. The van der Waals surface area contributed by atoms with E-state index in [0.29, 0.717) is 19.4 Å². The van der Waals surface area contributed by atoms with Crippen LogP contribution in [0.25, 0.3) is 0 Å². The summed E-state index contributed by atoms with van der Waals surface area (Å²) in [6.45, 7) is 6.01. The standard InChI is InChI=1S/C19H29N5O2/c1-15-10-22-16(11-21-15)12-24-14-19(7-4-18(24)26)6-3-8-23(13-19)9-5-17(25)20-2/h10-11H,3-9,12-14H2,1-2H3,(H,20,25). The molecule has 2 aliphatic heterocycles. The van der Waals surface area contributed by atoms with Crippen molar-refractivity contribution >= 4 is 11.8 Å². The SMILES string of the molecule is CNC(=O)CCN1CCCC2(CCC(=O)N(Cc3cnc(C)cn3)C2)C1. The molecule has 0 saturated carbocycles. The number of piperidine rings is 2. The van der Waals surface area contributed by atoms with Crippen molar-refractivity contribution in [3.8, 4) is 0 Å². The van der Waals surface area contributed by atoms with Crippen LogP contribution in [0.5, 0.6) is 0 Å². The minimum absolute atomic E-state index is 0.0861. The Balaban J connectivity index is 1.62. The Morgan fingerprint density at radius 2 is 2.12 bits per heavy atom. The predicted molar refractivity (Wildman–Crippen MR) is 98.2 cm³/mol. The molecule has 1 aromatic rings. The van der Waals surface area contributed by atoms with Gasteiger partial charge in [0.2, 0.25) is 11.8 Å². The number of hydrogen-bond donors (Lipinski definition) is 1. The fourth-order valence-corrected chi connectivity index (χ4v) is 4.16. The third-order valence-electron chi connectivity index (χ3n) is 5.61. The quantitative estimate of drug-likeness (QED) is 0.853. The van der Waals surface area contributed by atoms with Crippen molar-refractivity contribution in [2.24, 2.45) is 5.41 Å². The Kier molecular flexibility index (Phi) is 5.86. The van der Waals surface area contributed by atoms with Gasteiger partial charge in [0.25, 0.3) is 0 Å². The van der Waals surface area contributed by atoms with E-state index in [9.17, 15) is 9.59 Å². The van der Waals surface area contributed by atoms with Gasteiger partial charge < -0.3 is 15.1 Å². The Hall–Kier alpha value is -2.02. The van der Waals surface area contributed by atoms with Crippen LogP contribution in [0.2, 0.25) is 0 Å². The van der Waals surface area contributed by atoms with E-state index in [1.165, 1.54) is 0 Å². The smallest absolute Gasteiger partial charge is 0.222 e. The number of aromatic nitrogens is 2. The molecule has 1 unspecified atom stereocenters. The van der Waals surface area contributed by atoms with Crippen LogP contribution < -0.4 is 5.32 Å². The summed E-state index contributed by atoms with van der Waals surface area (Å²) >= 11 is 0. The summed E-state index contributed by atoms with van der Waals surface area (Å²) in [6.07, 6.45) is 7.86. The second-order valence-corrected chi connectivity index (χ2v) is 7.70. The topological polar surface area (TPSA) is 78.4 Å². The normalized spacial score (nSPS) is 24.1. The van der Waals surface area contributed by atoms with Crippen molar-refractivity contribution in [1.29, 1.82) is 0 Å². The third kappa shape index (κ3) is 4.58. The molecule has 7 heteroatoms. The molecule has 0 radical (unpaired) electrons. The molecule has 2 aliphatic rings. The van der Waals surface area contributed by atoms with E-state index in [2.05, 4.69) is 20.2 Å². The van der Waals surface area contributed by atoms with Crippen LogP contribution in [-0.2, 0) is 16.1 Å². The first kappa shape index (κ1) is 18.8. The zero-order valence-corrected chi connectivity index (χ0v) is 15.8. The first-order valence-corrected chi connectivity index (χ1v) is 9.48. The molecule has 2 saturated heterocycles. The number of amides is 2. The van der Waals surface area contributed by atoms with E-state index < -0.39 is 0 Å². The second kappa shape index (κ2) is 8.12. The summed E-state index contributed by atoms with van der Waals surface area (Å²) in [4.78, 5) is 37.0. The first-order valence-electron chi connectivity index (χ1n) is 9.48. The lowest BCUT2D eigenvalue weighted by Crippen LogP contribution is -2.54. The Bertz CT molecular complexity index is 648. The highest BCUT2D eigenvalue weighted by Crippen LogP contribution is 2.39. The predicted octanol–water partition coefficient (Wildman–Crippen LogP) is 1.13. The lowest BCUT2D eigenvalue weighted by molar-refractivity contribution is -0.140. The van der Waals surface area contributed by atoms with Crippen molar-refractivity contribution in [3.05, 3.63) is 23.8 Å². The highest BCUT2D eigenvalue weighted by molar-refractivity contribution is 5.77. The van der Waals surface area contributed by atoms with Gasteiger partial charge in [-0.15, -0.1) is 0 Å². The molecule has 1 N–H and O–H groups in total. The number of likely N-dealkylation sites (tertiary alicyclic amines) is 2. The Labute approximate surface area is 155 Å². The van der Waals surface area contributed by atoms with E-state index in [-0.39, 0.29) is 17.2 Å². The number of hydrogen-bond acceptors (Lipinski definition) is 5. The molecule has 2 amide bonds. The molecule has 3 heterocycles. The molecule has 0 aliphatic carbocycles. The van der Waals surface area contributed by atoms with E-state index >= 15 is 0 Å². The molecule has 2 fully saturated rings. The van der Waals surface area contributed by atoms with Crippen LogP contribution in [0.3, 0.4) is 0 Å². The van der Waals surface area contributed by atoms with E-state index in [1.807, 2.05) is 11.8 Å². The second-order valence-electron chi connectivity index (χ2n) is 7.70. The molecular formula is C19H29N5O2. The summed E-state index contributed by atoms with van der Waals surface area (Å²) in [5.74, 6) is 0.295. The van der Waals surface area contributed by atoms with Crippen LogP contribution in [-0.4, -0.2) is 64.8 Å². The summed E-state index contributed by atoms with van der Waals surface area (Å²) in [5.41, 5.74) is 1.87. The third-order valence-corrected chi connectivity index (χ3v) is 5.61. The molecule has 3 rings (SSSR count). The average molecular weight is 359 g/mol. The van der Waals surface area contributed by atoms with Crippen LogP contribution in [0.4, 0.5) is 0 Å². The molecule has 7 nitrogen and oxygen atoms in total. The first-order chi connectivity index (χ1) is 12.5. The van der Waals surface area contributed by atoms with Gasteiger partial charge in [-0.3, -0.25) is 19.6 Å². The van der Waals surface area contributed by atoms with Crippen molar-refractivity contribution in [3.63, 3.8) is 0 Å². The van der Waals surface area contributed by atoms with Crippen LogP contribution in [0.15, 0.2) is 12.4 Å². The fraction of sp³-hybridized carbons (Fsp3) is 0.684. The molecule has 142 valence electrons. The van der Waals surface area contributed by atoms with Gasteiger partial charge in [-0.05, 0) is 32.7 Å². The number of nitrogens with one attached hydrogen (secondary N) is 1. The summed E-state index contributed by atoms with van der Waals surface area (Å²) in [7, 11) is 1.68. The van der Waals surface area contributed by atoms with Crippen LogP contribution in [0.1, 0.15) is 43.5 Å². The van der Waals surface area contributed by atoms with Crippen molar-refractivity contribution in [2.45, 2.75) is 45.6 Å². The number of nitrogens with zero attached hydrogens (tertiary/aromatic N) is 4. The van der Waals surface area contributed by atoms with Crippen LogP contribution in [0, 0.1) is 12.3 Å². The van der Waals surface area contributed by atoms with Gasteiger partial charge in [0, 0.05) is 51.1 Å². The molecule has 1 spiro atoms. The van der Waals surface area contributed by atoms with Gasteiger partial charge in [0.15, 0.2) is 0 Å². The van der Waals surface area contributed by atoms with E-state index in [0.717, 1.165) is 56.8 Å². The summed E-state index contributed by atoms with van der Waals surface area (Å²) in [5, 5.41) is 2.69. The van der Waals surface area contributed by atoms with E-state index in [1.54, 1.807) is 19.4 Å². The summed E-state index contributed by atoms with van der Waals surface area (Å²) in [6, 6.07) is 0. The average Bonchev–Trinajstić information content (AvgIpc) is 2.65. The highest BCUT2D eigenvalue weighted by Gasteiger charge is 2.41. The molecule has 0 bridgehead atoms. The van der Waals surface area contributed by atoms with Gasteiger partial charge in [-0.2, -0.15) is 0 Å². The maximum absolute atomic E-state index is 12.4. The van der Waals surface area contributed by atoms with Crippen LogP contribution >= 0.6 is 0 Å². The van der Waals surface area contributed by atoms with Gasteiger partial charge >= 0.3 is 0 Å². The molecule has 1 aromatic heterocycles. The molecular weight excluding hydrogens is 330 g/mol. The highest BCUT2D eigenvalue weighted by atomic mass is 16.2. The van der Waals surface area contributed by atoms with Crippen molar-refractivity contribution < 1.29 is 9.59 Å². The maximum Gasteiger partial charge on any atom is 0.222 e. The van der Waals surface area contributed by atoms with Gasteiger partial charge in [-0.1, -0.05) is 0 Å². The monoisotopic (exact) mass is 359 g/mol. The maximum atomic E-state index is 12.4. The minimum atomic E-state index is 0.0861. The largest absolute Gasteiger partial charge is 0.359 e. The minimum Gasteiger partial charge on any atom is -0.359 e. The van der Waals surface area contributed by atoms with Crippen molar-refractivity contribution in [1.82, 2.24) is 25.1 Å². The van der Waals surface area contributed by atoms with Crippen molar-refractivity contribution in [2.75, 3.05) is 33.2 Å². The summed E-state index contributed by atoms with van der Waals surface area (Å²) < 4.78 is 0. The van der Waals surface area contributed by atoms with Gasteiger partial charge in [0.1, 0.15) is 0 Å². The molecule has 1 atom stereocenters. The number of carbonyl (C=O) groups is 2. The number of carbonyl (C=O) groups excluding carboxylic acids is 2.